The van der Waals surface area contributed by atoms with Gasteiger partial charge < -0.3 is 16.0 Å². The van der Waals surface area contributed by atoms with Crippen LogP contribution in [-0.2, 0) is 9.84 Å². The summed E-state index contributed by atoms with van der Waals surface area (Å²) in [5.74, 6) is 0.0636. The van der Waals surface area contributed by atoms with E-state index in [2.05, 4.69) is 5.32 Å². The minimum Gasteiger partial charge on any atom is -0.324 e. The van der Waals surface area contributed by atoms with Gasteiger partial charge in [-0.2, -0.15) is 0 Å². The lowest BCUT2D eigenvalue weighted by Gasteiger charge is -2.26. The van der Waals surface area contributed by atoms with Gasteiger partial charge in [0, 0.05) is 24.8 Å². The number of urea groups is 1. The first kappa shape index (κ1) is 14.8. The van der Waals surface area contributed by atoms with E-state index in [0.29, 0.717) is 5.69 Å². The lowest BCUT2D eigenvalue weighted by atomic mass is 10.1. The van der Waals surface area contributed by atoms with Gasteiger partial charge in [0.05, 0.1) is 11.5 Å². The second-order valence-electron chi connectivity index (χ2n) is 4.98. The number of carbonyl (C=O) groups excluding carboxylic acids is 1. The van der Waals surface area contributed by atoms with Crippen LogP contribution in [0.25, 0.3) is 0 Å². The molecule has 2 amide bonds. The van der Waals surface area contributed by atoms with Crippen molar-refractivity contribution in [1.82, 2.24) is 4.90 Å². The summed E-state index contributed by atoms with van der Waals surface area (Å²) in [4.78, 5) is 13.5. The van der Waals surface area contributed by atoms with Crippen LogP contribution in [0.2, 0.25) is 0 Å². The van der Waals surface area contributed by atoms with Crippen molar-refractivity contribution in [3.63, 3.8) is 0 Å². The van der Waals surface area contributed by atoms with E-state index in [1.807, 2.05) is 19.1 Å². The van der Waals surface area contributed by atoms with Gasteiger partial charge in [-0.05, 0) is 24.6 Å². The fraction of sp³-hybridized carbons (Fsp3) is 0.462. The molecule has 0 aromatic heterocycles. The standard InChI is InChI=1S/C13H19N3O3S/c1-10(14)11-2-4-12(5-3-11)15-13(17)16-6-8-20(18,19)9-7-16/h2-5,10H,6-9,14H2,1H3,(H,15,17). The van der Waals surface area contributed by atoms with E-state index in [4.69, 9.17) is 5.73 Å². The molecule has 1 aliphatic heterocycles. The highest BCUT2D eigenvalue weighted by Gasteiger charge is 2.24. The fourth-order valence-corrected chi connectivity index (χ4v) is 3.19. The first-order chi connectivity index (χ1) is 9.37. The van der Waals surface area contributed by atoms with Crippen LogP contribution in [0.4, 0.5) is 10.5 Å². The summed E-state index contributed by atoms with van der Waals surface area (Å²) in [6.07, 6.45) is 0. The van der Waals surface area contributed by atoms with E-state index in [1.165, 1.54) is 4.90 Å². The Kier molecular flexibility index (Phi) is 4.29. The number of anilines is 1. The van der Waals surface area contributed by atoms with E-state index < -0.39 is 9.84 Å². The number of nitrogens with one attached hydrogen (secondary N) is 1. The number of rotatable bonds is 2. The zero-order chi connectivity index (χ0) is 14.8. The van der Waals surface area contributed by atoms with Crippen molar-refractivity contribution in [1.29, 1.82) is 0 Å². The topological polar surface area (TPSA) is 92.5 Å². The molecule has 0 saturated carbocycles. The third-order valence-electron chi connectivity index (χ3n) is 3.32. The molecule has 6 nitrogen and oxygen atoms in total. The number of carbonyl (C=O) groups is 1. The van der Waals surface area contributed by atoms with Crippen molar-refractivity contribution in [3.05, 3.63) is 29.8 Å². The number of benzene rings is 1. The molecule has 1 heterocycles. The zero-order valence-corrected chi connectivity index (χ0v) is 12.2. The molecule has 1 aromatic rings. The van der Waals surface area contributed by atoms with E-state index in [0.717, 1.165) is 5.56 Å². The van der Waals surface area contributed by atoms with Gasteiger partial charge in [0.25, 0.3) is 0 Å². The minimum atomic E-state index is -2.97. The summed E-state index contributed by atoms with van der Waals surface area (Å²) in [6.45, 7) is 2.37. The molecule has 7 heteroatoms. The number of nitrogens with zero attached hydrogens (tertiary/aromatic N) is 1. The summed E-state index contributed by atoms with van der Waals surface area (Å²) < 4.78 is 22.6. The van der Waals surface area contributed by atoms with Crippen molar-refractivity contribution in [2.75, 3.05) is 29.9 Å². The molecule has 0 aliphatic carbocycles. The Morgan fingerprint density at radius 3 is 2.30 bits per heavy atom. The lowest BCUT2D eigenvalue weighted by Crippen LogP contribution is -2.45. The average molecular weight is 297 g/mol. The normalized spacial score (nSPS) is 19.4. The van der Waals surface area contributed by atoms with Gasteiger partial charge in [-0.15, -0.1) is 0 Å². The van der Waals surface area contributed by atoms with Gasteiger partial charge in [0.1, 0.15) is 0 Å². The summed E-state index contributed by atoms with van der Waals surface area (Å²) in [7, 11) is -2.97. The molecule has 110 valence electrons. The van der Waals surface area contributed by atoms with Crippen molar-refractivity contribution < 1.29 is 13.2 Å². The predicted octanol–water partition coefficient (Wildman–Crippen LogP) is 0.969. The summed E-state index contributed by atoms with van der Waals surface area (Å²) >= 11 is 0. The smallest absolute Gasteiger partial charge is 0.321 e. The molecule has 1 aromatic carbocycles. The first-order valence-electron chi connectivity index (χ1n) is 6.49. The number of nitrogens with two attached hydrogens (primary N) is 1. The molecule has 2 rings (SSSR count). The fourth-order valence-electron chi connectivity index (χ4n) is 1.99. The van der Waals surface area contributed by atoms with E-state index in [9.17, 15) is 13.2 Å². The van der Waals surface area contributed by atoms with Gasteiger partial charge in [0.2, 0.25) is 0 Å². The van der Waals surface area contributed by atoms with Gasteiger partial charge in [-0.25, -0.2) is 13.2 Å². The van der Waals surface area contributed by atoms with E-state index in [1.54, 1.807) is 12.1 Å². The van der Waals surface area contributed by atoms with Crippen molar-refractivity contribution in [2.24, 2.45) is 5.73 Å². The van der Waals surface area contributed by atoms with Gasteiger partial charge >= 0.3 is 6.03 Å². The van der Waals surface area contributed by atoms with Crippen LogP contribution < -0.4 is 11.1 Å². The maximum Gasteiger partial charge on any atom is 0.321 e. The van der Waals surface area contributed by atoms with Crippen LogP contribution in [0, 0.1) is 0 Å². The Bertz CT molecular complexity index is 567. The van der Waals surface area contributed by atoms with Crippen LogP contribution in [0.3, 0.4) is 0 Å². The average Bonchev–Trinajstić information content (AvgIpc) is 2.39. The summed E-state index contributed by atoms with van der Waals surface area (Å²) in [5.41, 5.74) is 7.42. The third kappa shape index (κ3) is 3.71. The quantitative estimate of drug-likeness (QED) is 0.850. The van der Waals surface area contributed by atoms with Crippen LogP contribution in [-0.4, -0.2) is 43.9 Å². The van der Waals surface area contributed by atoms with Crippen LogP contribution >= 0.6 is 0 Å². The molecular formula is C13H19N3O3S. The van der Waals surface area contributed by atoms with Gasteiger partial charge in [-0.1, -0.05) is 12.1 Å². The Labute approximate surface area is 118 Å². The lowest BCUT2D eigenvalue weighted by molar-refractivity contribution is 0.216. The Morgan fingerprint density at radius 2 is 1.80 bits per heavy atom. The second kappa shape index (κ2) is 5.80. The highest BCUT2D eigenvalue weighted by atomic mass is 32.2. The molecule has 20 heavy (non-hydrogen) atoms. The Balaban J connectivity index is 1.95. The highest BCUT2D eigenvalue weighted by molar-refractivity contribution is 7.91. The van der Waals surface area contributed by atoms with E-state index in [-0.39, 0.29) is 36.7 Å². The molecule has 0 radical (unpaired) electrons. The summed E-state index contributed by atoms with van der Waals surface area (Å²) in [6, 6.07) is 6.98. The van der Waals surface area contributed by atoms with Crippen molar-refractivity contribution in [2.45, 2.75) is 13.0 Å². The molecular weight excluding hydrogens is 278 g/mol. The Morgan fingerprint density at radius 1 is 1.25 bits per heavy atom. The highest BCUT2D eigenvalue weighted by Crippen LogP contribution is 2.15. The maximum atomic E-state index is 12.0. The largest absolute Gasteiger partial charge is 0.324 e. The third-order valence-corrected chi connectivity index (χ3v) is 4.93. The number of amides is 2. The maximum absolute atomic E-state index is 12.0. The second-order valence-corrected chi connectivity index (χ2v) is 7.28. The molecule has 1 aliphatic rings. The molecule has 1 atom stereocenters. The minimum absolute atomic E-state index is 0.0318. The number of hydrogen-bond acceptors (Lipinski definition) is 4. The molecule has 0 spiro atoms. The van der Waals surface area contributed by atoms with E-state index >= 15 is 0 Å². The van der Waals surface area contributed by atoms with Crippen molar-refractivity contribution in [3.8, 4) is 0 Å². The van der Waals surface area contributed by atoms with Gasteiger partial charge in [-0.3, -0.25) is 0 Å². The number of hydrogen-bond donors (Lipinski definition) is 2. The Hall–Kier alpha value is -1.60. The molecule has 1 fully saturated rings. The summed E-state index contributed by atoms with van der Waals surface area (Å²) in [5, 5.41) is 2.76. The molecule has 0 bridgehead atoms. The molecule has 1 saturated heterocycles. The first-order valence-corrected chi connectivity index (χ1v) is 8.31. The monoisotopic (exact) mass is 297 g/mol. The number of sulfone groups is 1. The SMILES string of the molecule is CC(N)c1ccc(NC(=O)N2CCS(=O)(=O)CC2)cc1. The van der Waals surface area contributed by atoms with Crippen LogP contribution in [0.15, 0.2) is 24.3 Å². The van der Waals surface area contributed by atoms with Crippen LogP contribution in [0.1, 0.15) is 18.5 Å². The predicted molar refractivity (Wildman–Crippen MR) is 78.3 cm³/mol. The molecule has 1 unspecified atom stereocenters. The van der Waals surface area contributed by atoms with Gasteiger partial charge in [0.15, 0.2) is 9.84 Å². The van der Waals surface area contributed by atoms with Crippen molar-refractivity contribution >= 4 is 21.6 Å². The van der Waals surface area contributed by atoms with Crippen LogP contribution in [0.5, 0.6) is 0 Å². The zero-order valence-electron chi connectivity index (χ0n) is 11.4. The molecule has 3 N–H and O–H groups in total.